The van der Waals surface area contributed by atoms with Crippen molar-refractivity contribution < 1.29 is 18.6 Å². The van der Waals surface area contributed by atoms with Gasteiger partial charge in [-0.25, -0.2) is 8.78 Å². The second-order valence-electron chi connectivity index (χ2n) is 4.44. The van der Waals surface area contributed by atoms with Crippen molar-refractivity contribution in [1.29, 1.82) is 0 Å². The SMILES string of the molecule is COc1ccc(C)cc1C(O)c1cc(F)c(F)cc1Cl. The van der Waals surface area contributed by atoms with Crippen LogP contribution in [0, 0.1) is 18.6 Å². The molecule has 0 aliphatic carbocycles. The summed E-state index contributed by atoms with van der Waals surface area (Å²) in [6.07, 6.45) is -1.20. The van der Waals surface area contributed by atoms with Crippen LogP contribution < -0.4 is 4.74 Å². The molecule has 0 bridgehead atoms. The smallest absolute Gasteiger partial charge is 0.160 e. The third-order valence-electron chi connectivity index (χ3n) is 3.01. The van der Waals surface area contributed by atoms with Gasteiger partial charge in [0.25, 0.3) is 0 Å². The second-order valence-corrected chi connectivity index (χ2v) is 4.84. The molecule has 0 spiro atoms. The van der Waals surface area contributed by atoms with Gasteiger partial charge in [0.1, 0.15) is 11.9 Å². The van der Waals surface area contributed by atoms with Gasteiger partial charge < -0.3 is 9.84 Å². The largest absolute Gasteiger partial charge is 0.496 e. The summed E-state index contributed by atoms with van der Waals surface area (Å²) in [7, 11) is 1.47. The zero-order valence-corrected chi connectivity index (χ0v) is 11.7. The third kappa shape index (κ3) is 2.76. The molecule has 0 saturated heterocycles. The van der Waals surface area contributed by atoms with Gasteiger partial charge in [-0.15, -0.1) is 0 Å². The Morgan fingerprint density at radius 1 is 1.10 bits per heavy atom. The van der Waals surface area contributed by atoms with Crippen LogP contribution in [0.5, 0.6) is 5.75 Å². The quantitative estimate of drug-likeness (QED) is 0.867. The topological polar surface area (TPSA) is 29.5 Å². The van der Waals surface area contributed by atoms with E-state index < -0.39 is 17.7 Å². The van der Waals surface area contributed by atoms with Crippen LogP contribution in [-0.2, 0) is 0 Å². The van der Waals surface area contributed by atoms with E-state index in [1.54, 1.807) is 12.1 Å². The minimum atomic E-state index is -1.20. The van der Waals surface area contributed by atoms with Crippen molar-refractivity contribution in [3.8, 4) is 5.75 Å². The fraction of sp³-hybridized carbons (Fsp3) is 0.200. The molecule has 0 radical (unpaired) electrons. The van der Waals surface area contributed by atoms with Gasteiger partial charge in [-0.1, -0.05) is 23.2 Å². The Labute approximate surface area is 120 Å². The fourth-order valence-electron chi connectivity index (χ4n) is 1.98. The van der Waals surface area contributed by atoms with Gasteiger partial charge in [-0.2, -0.15) is 0 Å². The van der Waals surface area contributed by atoms with Crippen molar-refractivity contribution in [3.05, 3.63) is 63.7 Å². The van der Waals surface area contributed by atoms with Crippen molar-refractivity contribution in [3.63, 3.8) is 0 Å². The molecular weight excluding hydrogens is 286 g/mol. The number of hydrogen-bond donors (Lipinski definition) is 1. The van der Waals surface area contributed by atoms with Crippen molar-refractivity contribution in [1.82, 2.24) is 0 Å². The first-order valence-corrected chi connectivity index (χ1v) is 6.29. The van der Waals surface area contributed by atoms with E-state index in [1.165, 1.54) is 7.11 Å². The summed E-state index contributed by atoms with van der Waals surface area (Å²) in [5.74, 6) is -1.67. The summed E-state index contributed by atoms with van der Waals surface area (Å²) in [6, 6.07) is 6.96. The number of methoxy groups -OCH3 is 1. The van der Waals surface area contributed by atoms with Gasteiger partial charge in [0.2, 0.25) is 0 Å². The van der Waals surface area contributed by atoms with Crippen molar-refractivity contribution in [2.45, 2.75) is 13.0 Å². The van der Waals surface area contributed by atoms with Gasteiger partial charge >= 0.3 is 0 Å². The van der Waals surface area contributed by atoms with Crippen LogP contribution in [0.15, 0.2) is 30.3 Å². The highest BCUT2D eigenvalue weighted by Gasteiger charge is 2.20. The minimum absolute atomic E-state index is 0.0417. The van der Waals surface area contributed by atoms with Crippen LogP contribution in [0.2, 0.25) is 5.02 Å². The van der Waals surface area contributed by atoms with Gasteiger partial charge in [0, 0.05) is 16.1 Å². The van der Waals surface area contributed by atoms with E-state index >= 15 is 0 Å². The standard InChI is InChI=1S/C15H13ClF2O2/c1-8-3-4-14(20-2)10(5-8)15(19)9-6-12(17)13(18)7-11(9)16/h3-7,15,19H,1-2H3. The van der Waals surface area contributed by atoms with Crippen molar-refractivity contribution >= 4 is 11.6 Å². The number of rotatable bonds is 3. The molecule has 2 rings (SSSR count). The summed E-state index contributed by atoms with van der Waals surface area (Å²) >= 11 is 5.87. The predicted molar refractivity (Wildman–Crippen MR) is 73.2 cm³/mol. The molecule has 1 N–H and O–H groups in total. The Balaban J connectivity index is 2.54. The molecule has 0 fully saturated rings. The molecule has 5 heteroatoms. The number of benzene rings is 2. The highest BCUT2D eigenvalue weighted by Crippen LogP contribution is 2.35. The summed E-state index contributed by atoms with van der Waals surface area (Å²) in [6.45, 7) is 1.85. The van der Waals surface area contributed by atoms with Crippen molar-refractivity contribution in [2.24, 2.45) is 0 Å². The molecular formula is C15H13ClF2O2. The number of hydrogen-bond acceptors (Lipinski definition) is 2. The van der Waals surface area contributed by atoms with E-state index in [2.05, 4.69) is 0 Å². The molecule has 20 heavy (non-hydrogen) atoms. The van der Waals surface area contributed by atoms with Gasteiger partial charge in [-0.3, -0.25) is 0 Å². The Kier molecular flexibility index (Phi) is 4.26. The van der Waals surface area contributed by atoms with Crippen LogP contribution in [0.4, 0.5) is 8.78 Å². The normalized spacial score (nSPS) is 12.3. The summed E-state index contributed by atoms with van der Waals surface area (Å²) < 4.78 is 31.6. The Hall–Kier alpha value is -1.65. The molecule has 0 saturated carbocycles. The van der Waals surface area contributed by atoms with Crippen LogP contribution in [0.1, 0.15) is 22.8 Å². The molecule has 0 heterocycles. The van der Waals surface area contributed by atoms with Gasteiger partial charge in [0.15, 0.2) is 11.6 Å². The Morgan fingerprint density at radius 3 is 2.40 bits per heavy atom. The lowest BCUT2D eigenvalue weighted by Crippen LogP contribution is -2.05. The molecule has 1 atom stereocenters. The summed E-state index contributed by atoms with van der Waals surface area (Å²) in [4.78, 5) is 0. The molecule has 0 amide bonds. The summed E-state index contributed by atoms with van der Waals surface area (Å²) in [5.41, 5.74) is 1.44. The first-order valence-electron chi connectivity index (χ1n) is 5.91. The average Bonchev–Trinajstić information content (AvgIpc) is 2.42. The highest BCUT2D eigenvalue weighted by atomic mass is 35.5. The van der Waals surface area contributed by atoms with Gasteiger partial charge in [0.05, 0.1) is 7.11 Å². The van der Waals surface area contributed by atoms with Gasteiger partial charge in [-0.05, 0) is 31.2 Å². The maximum atomic E-state index is 13.3. The second kappa shape index (κ2) is 5.77. The molecule has 0 aromatic heterocycles. The monoisotopic (exact) mass is 298 g/mol. The molecule has 2 nitrogen and oxygen atoms in total. The van der Waals surface area contributed by atoms with E-state index in [4.69, 9.17) is 16.3 Å². The fourth-order valence-corrected chi connectivity index (χ4v) is 2.24. The Morgan fingerprint density at radius 2 is 1.75 bits per heavy atom. The number of aryl methyl sites for hydroxylation is 1. The van der Waals surface area contributed by atoms with E-state index in [9.17, 15) is 13.9 Å². The molecule has 106 valence electrons. The van der Waals surface area contributed by atoms with Crippen LogP contribution >= 0.6 is 11.6 Å². The zero-order chi connectivity index (χ0) is 14.9. The first kappa shape index (κ1) is 14.8. The third-order valence-corrected chi connectivity index (χ3v) is 3.34. The lowest BCUT2D eigenvalue weighted by Gasteiger charge is -2.17. The van der Waals surface area contributed by atoms with E-state index in [1.807, 2.05) is 13.0 Å². The predicted octanol–water partition coefficient (Wildman–Crippen LogP) is 4.02. The minimum Gasteiger partial charge on any atom is -0.496 e. The first-order chi connectivity index (χ1) is 9.43. The van der Waals surface area contributed by atoms with Crippen LogP contribution in [0.3, 0.4) is 0 Å². The molecule has 2 aromatic carbocycles. The van der Waals surface area contributed by atoms with E-state index in [0.29, 0.717) is 11.3 Å². The van der Waals surface area contributed by atoms with Crippen LogP contribution in [0.25, 0.3) is 0 Å². The molecule has 0 aliphatic rings. The molecule has 1 unspecified atom stereocenters. The number of ether oxygens (including phenoxy) is 1. The number of aliphatic hydroxyl groups excluding tert-OH is 1. The van der Waals surface area contributed by atoms with Crippen molar-refractivity contribution in [2.75, 3.05) is 7.11 Å². The van der Waals surface area contributed by atoms with E-state index in [-0.39, 0.29) is 10.6 Å². The summed E-state index contributed by atoms with van der Waals surface area (Å²) in [5, 5.41) is 10.3. The van der Waals surface area contributed by atoms with Crippen LogP contribution in [-0.4, -0.2) is 12.2 Å². The zero-order valence-electron chi connectivity index (χ0n) is 11.0. The molecule has 2 aromatic rings. The average molecular weight is 299 g/mol. The number of halogens is 3. The molecule has 0 aliphatic heterocycles. The number of aliphatic hydroxyl groups is 1. The lowest BCUT2D eigenvalue weighted by molar-refractivity contribution is 0.214. The maximum absolute atomic E-state index is 13.3. The van der Waals surface area contributed by atoms with E-state index in [0.717, 1.165) is 17.7 Å². The lowest BCUT2D eigenvalue weighted by atomic mass is 9.98. The Bertz CT molecular complexity index is 644. The maximum Gasteiger partial charge on any atom is 0.160 e. The highest BCUT2D eigenvalue weighted by molar-refractivity contribution is 6.31.